The summed E-state index contributed by atoms with van der Waals surface area (Å²) in [7, 11) is 0. The van der Waals surface area contributed by atoms with Gasteiger partial charge in [-0.3, -0.25) is 19.4 Å². The molecule has 7 rings (SSSR count). The Hall–Kier alpha value is -4.40. The van der Waals surface area contributed by atoms with Gasteiger partial charge < -0.3 is 9.47 Å². The molecule has 5 aromatic rings. The van der Waals surface area contributed by atoms with Crippen molar-refractivity contribution in [2.75, 3.05) is 32.8 Å². The van der Waals surface area contributed by atoms with Crippen LogP contribution in [0.25, 0.3) is 0 Å². The Labute approximate surface area is 303 Å². The topological polar surface area (TPSA) is 59.1 Å². The van der Waals surface area contributed by atoms with Crippen LogP contribution in [-0.4, -0.2) is 59.0 Å². The number of carbonyl (C=O) groups excluding carboxylic acids is 2. The molecule has 0 radical (unpaired) electrons. The molecule has 0 aromatic heterocycles. The number of benzene rings is 5. The van der Waals surface area contributed by atoms with Crippen LogP contribution in [-0.2, 0) is 21.5 Å². The van der Waals surface area contributed by atoms with Crippen molar-refractivity contribution in [3.05, 3.63) is 172 Å². The van der Waals surface area contributed by atoms with Gasteiger partial charge in [0.25, 0.3) is 5.24 Å². The highest BCUT2D eigenvalue weighted by atomic mass is 35.5. The maximum Gasteiger partial charge on any atom is 0.290 e. The molecule has 2 heterocycles. The number of carbonyl (C=O) groups is 2. The summed E-state index contributed by atoms with van der Waals surface area (Å²) < 4.78 is 12.1. The number of thioether (sulfide) groups is 1. The highest BCUT2D eigenvalue weighted by molar-refractivity contribution is 8.15. The summed E-state index contributed by atoms with van der Waals surface area (Å²) in [4.78, 5) is 32.3. The fourth-order valence-corrected chi connectivity index (χ4v) is 8.30. The Morgan fingerprint density at radius 3 is 2.00 bits per heavy atom. The molecule has 2 atom stereocenters. The highest BCUT2D eigenvalue weighted by Crippen LogP contribution is 2.47. The van der Waals surface area contributed by atoms with E-state index in [0.29, 0.717) is 19.6 Å². The maximum atomic E-state index is 14.4. The van der Waals surface area contributed by atoms with Gasteiger partial charge in [0.2, 0.25) is 5.91 Å². The Morgan fingerprint density at radius 2 is 1.40 bits per heavy atom. The number of morpholine rings is 1. The van der Waals surface area contributed by atoms with Gasteiger partial charge in [-0.1, -0.05) is 139 Å². The molecule has 5 aromatic carbocycles. The Morgan fingerprint density at radius 1 is 0.780 bits per heavy atom. The molecule has 2 saturated heterocycles. The average Bonchev–Trinajstić information content (AvgIpc) is 3.44. The average molecular weight is 703 g/mol. The first-order valence-corrected chi connectivity index (χ1v) is 18.3. The third kappa shape index (κ3) is 7.23. The molecule has 0 N–H and O–H groups in total. The van der Waals surface area contributed by atoms with Crippen LogP contribution in [0, 0.1) is 0 Å². The summed E-state index contributed by atoms with van der Waals surface area (Å²) in [5, 5.41) is -0.0763. The number of imide groups is 1. The fraction of sp³-hybridized carbons (Fsp3) is 0.238. The van der Waals surface area contributed by atoms with E-state index >= 15 is 0 Å². The Bertz CT molecular complexity index is 1800. The minimum atomic E-state index is -1.12. The smallest absolute Gasteiger partial charge is 0.290 e. The second kappa shape index (κ2) is 15.7. The lowest BCUT2D eigenvalue weighted by atomic mass is 9.75. The molecule has 2 amide bonds. The number of amides is 2. The second-order valence-electron chi connectivity index (χ2n) is 12.6. The number of hydrogen-bond donors (Lipinski definition) is 0. The van der Waals surface area contributed by atoms with Gasteiger partial charge in [0.1, 0.15) is 11.3 Å². The standard InChI is InChI=1S/C42H39ClN2O4S/c43-36-19-10-12-32(29-36)38-30-44(25-27-49-38)24-11-26-48-37-22-20-31(21-23-37)28-39-40(46)45(41(47)50-39)42(33-13-4-1-5-14-33,34-15-6-2-7-16-34)35-17-8-3-9-18-35/h1-10,12-23,29,38-39H,11,24-28,30H2. The van der Waals surface area contributed by atoms with E-state index in [1.54, 1.807) is 0 Å². The normalized spacial score (nSPS) is 18.4. The van der Waals surface area contributed by atoms with Crippen molar-refractivity contribution >= 4 is 34.5 Å². The van der Waals surface area contributed by atoms with Gasteiger partial charge >= 0.3 is 0 Å². The minimum absolute atomic E-state index is 0.0228. The van der Waals surface area contributed by atoms with E-state index in [4.69, 9.17) is 21.1 Å². The summed E-state index contributed by atoms with van der Waals surface area (Å²) in [6.45, 7) is 3.93. The van der Waals surface area contributed by atoms with Crippen LogP contribution in [0.15, 0.2) is 140 Å². The first-order chi connectivity index (χ1) is 24.5. The van der Waals surface area contributed by atoms with Crippen LogP contribution in [0.5, 0.6) is 5.75 Å². The van der Waals surface area contributed by atoms with Crippen LogP contribution in [0.4, 0.5) is 4.79 Å². The molecule has 0 bridgehead atoms. The van der Waals surface area contributed by atoms with Crippen molar-refractivity contribution in [1.82, 2.24) is 9.80 Å². The molecule has 0 saturated carbocycles. The molecule has 254 valence electrons. The number of halogens is 1. The maximum absolute atomic E-state index is 14.4. The number of nitrogens with zero attached hydrogens (tertiary/aromatic N) is 2. The first-order valence-electron chi connectivity index (χ1n) is 17.0. The first kappa shape index (κ1) is 34.1. The molecule has 2 aliphatic heterocycles. The third-order valence-corrected chi connectivity index (χ3v) is 10.7. The van der Waals surface area contributed by atoms with E-state index in [-0.39, 0.29) is 17.3 Å². The van der Waals surface area contributed by atoms with Crippen LogP contribution in [0.2, 0.25) is 5.02 Å². The van der Waals surface area contributed by atoms with Crippen molar-refractivity contribution in [3.63, 3.8) is 0 Å². The zero-order valence-corrected chi connectivity index (χ0v) is 29.3. The fourth-order valence-electron chi connectivity index (χ4n) is 7.04. The molecule has 2 unspecified atom stereocenters. The van der Waals surface area contributed by atoms with Gasteiger partial charge in [-0.15, -0.1) is 0 Å². The van der Waals surface area contributed by atoms with Gasteiger partial charge in [-0.2, -0.15) is 0 Å². The zero-order chi connectivity index (χ0) is 34.3. The molecule has 0 aliphatic carbocycles. The third-order valence-electron chi connectivity index (χ3n) is 9.43. The summed E-state index contributed by atoms with van der Waals surface area (Å²) in [6.07, 6.45) is 1.35. The van der Waals surface area contributed by atoms with Crippen LogP contribution < -0.4 is 4.74 Å². The number of ether oxygens (including phenoxy) is 2. The molecule has 0 spiro atoms. The van der Waals surface area contributed by atoms with E-state index in [2.05, 4.69) is 11.0 Å². The number of rotatable bonds is 12. The van der Waals surface area contributed by atoms with Crippen molar-refractivity contribution in [3.8, 4) is 5.75 Å². The second-order valence-corrected chi connectivity index (χ2v) is 14.2. The van der Waals surface area contributed by atoms with E-state index in [1.807, 2.05) is 133 Å². The lowest BCUT2D eigenvalue weighted by Gasteiger charge is -2.42. The van der Waals surface area contributed by atoms with Gasteiger partial charge in [-0.25, -0.2) is 0 Å². The summed E-state index contributed by atoms with van der Waals surface area (Å²) >= 11 is 7.30. The largest absolute Gasteiger partial charge is 0.494 e. The monoisotopic (exact) mass is 702 g/mol. The van der Waals surface area contributed by atoms with Crippen molar-refractivity contribution in [2.24, 2.45) is 0 Å². The molecule has 50 heavy (non-hydrogen) atoms. The van der Waals surface area contributed by atoms with Gasteiger partial charge in [0.05, 0.1) is 24.6 Å². The van der Waals surface area contributed by atoms with Crippen LogP contribution in [0.3, 0.4) is 0 Å². The van der Waals surface area contributed by atoms with E-state index in [9.17, 15) is 9.59 Å². The SMILES string of the molecule is O=C1SC(Cc2ccc(OCCCN3CCOC(c4cccc(Cl)c4)C3)cc2)C(=O)N1C(c1ccccc1)(c1ccccc1)c1ccccc1. The van der Waals surface area contributed by atoms with Crippen molar-refractivity contribution in [1.29, 1.82) is 0 Å². The van der Waals surface area contributed by atoms with Gasteiger partial charge in [-0.05, 0) is 64.9 Å². The van der Waals surface area contributed by atoms with E-state index < -0.39 is 10.8 Å². The molecule has 2 aliphatic rings. The van der Waals surface area contributed by atoms with Crippen LogP contribution >= 0.6 is 23.4 Å². The summed E-state index contributed by atoms with van der Waals surface area (Å²) in [5.41, 5.74) is 3.54. The van der Waals surface area contributed by atoms with Gasteiger partial charge in [0, 0.05) is 24.7 Å². The Kier molecular flexibility index (Phi) is 10.7. The highest BCUT2D eigenvalue weighted by Gasteiger charge is 2.53. The molecule has 6 nitrogen and oxygen atoms in total. The molecular formula is C42H39ClN2O4S. The number of hydrogen-bond acceptors (Lipinski definition) is 6. The minimum Gasteiger partial charge on any atom is -0.494 e. The Balaban J connectivity index is 1.01. The summed E-state index contributed by atoms with van der Waals surface area (Å²) in [5.74, 6) is 0.587. The van der Waals surface area contributed by atoms with E-state index in [1.165, 1.54) is 4.90 Å². The lowest BCUT2D eigenvalue weighted by Crippen LogP contribution is -2.51. The summed E-state index contributed by atoms with van der Waals surface area (Å²) in [6, 6.07) is 45.3. The predicted octanol–water partition coefficient (Wildman–Crippen LogP) is 8.78. The van der Waals surface area contributed by atoms with Crippen LogP contribution in [0.1, 0.15) is 40.3 Å². The molecule has 8 heteroatoms. The molecule has 2 fully saturated rings. The van der Waals surface area contributed by atoms with Gasteiger partial charge in [0.15, 0.2) is 0 Å². The molecular weight excluding hydrogens is 664 g/mol. The van der Waals surface area contributed by atoms with Crippen molar-refractivity contribution < 1.29 is 19.1 Å². The predicted molar refractivity (Wildman–Crippen MR) is 200 cm³/mol. The van der Waals surface area contributed by atoms with E-state index in [0.717, 1.165) is 76.4 Å². The quantitative estimate of drug-likeness (QED) is 0.0957. The van der Waals surface area contributed by atoms with Crippen molar-refractivity contribution in [2.45, 2.75) is 29.7 Å². The zero-order valence-electron chi connectivity index (χ0n) is 27.7. The lowest BCUT2D eigenvalue weighted by molar-refractivity contribution is -0.129.